The van der Waals surface area contributed by atoms with Crippen LogP contribution in [-0.2, 0) is 6.18 Å². The number of hydrogen-bond donors (Lipinski definition) is 3. The molecular weight excluding hydrogens is 285 g/mol. The Balaban J connectivity index is 2.77. The zero-order valence-corrected chi connectivity index (χ0v) is 11.9. The van der Waals surface area contributed by atoms with Gasteiger partial charge in [0.05, 0.1) is 11.3 Å². The van der Waals surface area contributed by atoms with Crippen molar-refractivity contribution < 1.29 is 18.0 Å². The summed E-state index contributed by atoms with van der Waals surface area (Å²) in [6.45, 7) is 1.18. The van der Waals surface area contributed by atoms with Crippen molar-refractivity contribution in [3.8, 4) is 0 Å². The summed E-state index contributed by atoms with van der Waals surface area (Å²) in [6, 6.07) is 3.22. The first-order valence-corrected chi connectivity index (χ1v) is 6.36. The highest BCUT2D eigenvalue weighted by Gasteiger charge is 2.34. The highest BCUT2D eigenvalue weighted by Crippen LogP contribution is 2.35. The maximum atomic E-state index is 12.8. The van der Waals surface area contributed by atoms with Gasteiger partial charge < -0.3 is 15.6 Å². The molecule has 0 aliphatic carbocycles. The number of nitrogens with two attached hydrogens (primary N) is 1. The zero-order chi connectivity index (χ0) is 16.0. The topological polar surface area (TPSA) is 70.4 Å². The molecule has 1 rings (SSSR count). The molecule has 1 aromatic carbocycles. The lowest BCUT2D eigenvalue weighted by Crippen LogP contribution is -2.27. The summed E-state index contributed by atoms with van der Waals surface area (Å²) in [5.41, 5.74) is 0.688. The van der Waals surface area contributed by atoms with Gasteiger partial charge in [-0.05, 0) is 45.3 Å². The fourth-order valence-corrected chi connectivity index (χ4v) is 1.75. The van der Waals surface area contributed by atoms with Crippen LogP contribution >= 0.6 is 0 Å². The molecule has 4 N–H and O–H groups in total. The van der Waals surface area contributed by atoms with Crippen molar-refractivity contribution in [1.82, 2.24) is 10.2 Å². The molecule has 118 valence electrons. The predicted molar refractivity (Wildman–Crippen MR) is 74.8 cm³/mol. The van der Waals surface area contributed by atoms with E-state index in [1.54, 1.807) is 0 Å². The number of nitrogens with zero attached hydrogens (tertiary/aromatic N) is 1. The van der Waals surface area contributed by atoms with Crippen molar-refractivity contribution in [3.05, 3.63) is 29.3 Å². The molecule has 1 amide bonds. The lowest BCUT2D eigenvalue weighted by molar-refractivity contribution is -0.137. The van der Waals surface area contributed by atoms with Crippen molar-refractivity contribution in [3.63, 3.8) is 0 Å². The van der Waals surface area contributed by atoms with Gasteiger partial charge in [0, 0.05) is 12.1 Å². The summed E-state index contributed by atoms with van der Waals surface area (Å²) < 4.78 is 38.5. The number of rotatable bonds is 6. The van der Waals surface area contributed by atoms with Gasteiger partial charge in [-0.3, -0.25) is 10.6 Å². The van der Waals surface area contributed by atoms with Crippen molar-refractivity contribution in [1.29, 1.82) is 0 Å². The third kappa shape index (κ3) is 5.24. The van der Waals surface area contributed by atoms with Crippen LogP contribution in [0.15, 0.2) is 18.2 Å². The van der Waals surface area contributed by atoms with E-state index in [4.69, 9.17) is 5.84 Å². The van der Waals surface area contributed by atoms with E-state index in [1.165, 1.54) is 6.07 Å². The molecule has 0 aliphatic heterocycles. The highest BCUT2D eigenvalue weighted by atomic mass is 19.4. The third-order valence-corrected chi connectivity index (χ3v) is 2.81. The van der Waals surface area contributed by atoms with Crippen LogP contribution < -0.4 is 16.6 Å². The molecule has 21 heavy (non-hydrogen) atoms. The number of hydrogen-bond acceptors (Lipinski definition) is 4. The van der Waals surface area contributed by atoms with Gasteiger partial charge in [0.2, 0.25) is 0 Å². The summed E-state index contributed by atoms with van der Waals surface area (Å²) in [5, 5.41) is 2.59. The molecule has 0 atom stereocenters. The van der Waals surface area contributed by atoms with Gasteiger partial charge in [-0.1, -0.05) is 0 Å². The van der Waals surface area contributed by atoms with Crippen molar-refractivity contribution in [2.45, 2.75) is 12.6 Å². The fraction of sp³-hybridized carbons (Fsp3) is 0.462. The van der Waals surface area contributed by atoms with Gasteiger partial charge >= 0.3 is 6.18 Å². The van der Waals surface area contributed by atoms with Crippen LogP contribution in [-0.4, -0.2) is 38.0 Å². The maximum Gasteiger partial charge on any atom is 0.418 e. The minimum Gasteiger partial charge on any atom is -0.352 e. The summed E-state index contributed by atoms with van der Waals surface area (Å²) in [7, 11) is 3.80. The van der Waals surface area contributed by atoms with Gasteiger partial charge in [-0.25, -0.2) is 0 Å². The average molecular weight is 304 g/mol. The smallest absolute Gasteiger partial charge is 0.352 e. The van der Waals surface area contributed by atoms with E-state index in [2.05, 4.69) is 5.32 Å². The normalized spacial score (nSPS) is 11.6. The fourth-order valence-electron chi connectivity index (χ4n) is 1.75. The number of nitrogen functional groups attached to an aromatic ring is 1. The molecule has 0 unspecified atom stereocenters. The Kier molecular flexibility index (Phi) is 5.98. The SMILES string of the molecule is CN(C)CCCNC(=O)c1ccc(NN)c(C(F)(F)F)c1. The summed E-state index contributed by atoms with van der Waals surface area (Å²) in [6.07, 6.45) is -3.86. The molecule has 0 saturated heterocycles. The molecule has 0 radical (unpaired) electrons. The van der Waals surface area contributed by atoms with Crippen LogP contribution in [0, 0.1) is 0 Å². The van der Waals surface area contributed by atoms with E-state index in [0.29, 0.717) is 13.0 Å². The molecule has 0 heterocycles. The Morgan fingerprint density at radius 3 is 2.52 bits per heavy atom. The summed E-state index contributed by atoms with van der Waals surface area (Å²) in [4.78, 5) is 13.8. The Bertz CT molecular complexity index is 489. The standard InChI is InChI=1S/C13H19F3N4O/c1-20(2)7-3-6-18-12(21)9-4-5-11(19-17)10(8-9)13(14,15)16/h4-5,8,19H,3,6-7,17H2,1-2H3,(H,18,21). The molecule has 5 nitrogen and oxygen atoms in total. The van der Waals surface area contributed by atoms with E-state index in [9.17, 15) is 18.0 Å². The largest absolute Gasteiger partial charge is 0.418 e. The van der Waals surface area contributed by atoms with Gasteiger partial charge in [0.15, 0.2) is 0 Å². The molecule has 8 heteroatoms. The lowest BCUT2D eigenvalue weighted by atomic mass is 10.1. The molecule has 0 aliphatic rings. The third-order valence-electron chi connectivity index (χ3n) is 2.81. The Morgan fingerprint density at radius 1 is 1.33 bits per heavy atom. The number of alkyl halides is 3. The van der Waals surface area contributed by atoms with E-state index in [1.807, 2.05) is 24.4 Å². The van der Waals surface area contributed by atoms with Crippen LogP contribution in [0.1, 0.15) is 22.3 Å². The summed E-state index contributed by atoms with van der Waals surface area (Å²) in [5.74, 6) is 4.51. The zero-order valence-electron chi connectivity index (χ0n) is 11.9. The Hall–Kier alpha value is -1.80. The highest BCUT2D eigenvalue weighted by molar-refractivity contribution is 5.94. The summed E-state index contributed by atoms with van der Waals surface area (Å²) >= 11 is 0. The van der Waals surface area contributed by atoms with E-state index in [0.717, 1.165) is 18.7 Å². The Labute approximate surface area is 121 Å². The van der Waals surface area contributed by atoms with Crippen LogP contribution in [0.2, 0.25) is 0 Å². The number of carbonyl (C=O) groups excluding carboxylic acids is 1. The molecule has 0 fully saturated rings. The monoisotopic (exact) mass is 304 g/mol. The number of halogens is 3. The van der Waals surface area contributed by atoms with Crippen molar-refractivity contribution in [2.24, 2.45) is 5.84 Å². The minimum absolute atomic E-state index is 0.0498. The second-order valence-electron chi connectivity index (χ2n) is 4.82. The molecule has 0 spiro atoms. The minimum atomic E-state index is -4.58. The van der Waals surface area contributed by atoms with Crippen LogP contribution in [0.25, 0.3) is 0 Å². The quantitative estimate of drug-likeness (QED) is 0.425. The molecule has 0 bridgehead atoms. The lowest BCUT2D eigenvalue weighted by Gasteiger charge is -2.14. The van der Waals surface area contributed by atoms with Gasteiger partial charge in [0.25, 0.3) is 5.91 Å². The number of benzene rings is 1. The molecule has 1 aromatic rings. The second kappa shape index (κ2) is 7.28. The van der Waals surface area contributed by atoms with Gasteiger partial charge in [-0.2, -0.15) is 13.2 Å². The number of nitrogens with one attached hydrogen (secondary N) is 2. The number of hydrazine groups is 1. The molecule has 0 saturated carbocycles. The molecular formula is C13H19F3N4O. The maximum absolute atomic E-state index is 12.8. The molecule has 0 aromatic heterocycles. The Morgan fingerprint density at radius 2 is 2.00 bits per heavy atom. The van der Waals surface area contributed by atoms with E-state index in [-0.39, 0.29) is 11.3 Å². The van der Waals surface area contributed by atoms with E-state index < -0.39 is 17.6 Å². The van der Waals surface area contributed by atoms with Crippen LogP contribution in [0.3, 0.4) is 0 Å². The average Bonchev–Trinajstić information content (AvgIpc) is 2.41. The van der Waals surface area contributed by atoms with Gasteiger partial charge in [-0.15, -0.1) is 0 Å². The van der Waals surface area contributed by atoms with Gasteiger partial charge in [0.1, 0.15) is 0 Å². The van der Waals surface area contributed by atoms with E-state index >= 15 is 0 Å². The number of carbonyl (C=O) groups is 1. The number of anilines is 1. The van der Waals surface area contributed by atoms with Crippen LogP contribution in [0.5, 0.6) is 0 Å². The first-order valence-electron chi connectivity index (χ1n) is 6.36. The first-order chi connectivity index (χ1) is 9.75. The predicted octanol–water partition coefficient (Wildman–Crippen LogP) is 1.67. The number of amides is 1. The first kappa shape index (κ1) is 17.3. The van der Waals surface area contributed by atoms with Crippen molar-refractivity contribution in [2.75, 3.05) is 32.6 Å². The second-order valence-corrected chi connectivity index (χ2v) is 4.82. The van der Waals surface area contributed by atoms with Crippen molar-refractivity contribution >= 4 is 11.6 Å². The van der Waals surface area contributed by atoms with Crippen LogP contribution in [0.4, 0.5) is 18.9 Å².